The first-order valence-corrected chi connectivity index (χ1v) is 5.21. The van der Waals surface area contributed by atoms with Crippen molar-refractivity contribution in [3.63, 3.8) is 0 Å². The van der Waals surface area contributed by atoms with E-state index >= 15 is 0 Å². The fraction of sp³-hybridized carbons (Fsp3) is 0.417. The molecule has 0 heterocycles. The van der Waals surface area contributed by atoms with Gasteiger partial charge in [-0.3, -0.25) is 4.79 Å². The Morgan fingerprint density at radius 3 is 3.00 bits per heavy atom. The Balaban J connectivity index is 2.21. The molecule has 3 nitrogen and oxygen atoms in total. The van der Waals surface area contributed by atoms with E-state index < -0.39 is 0 Å². The number of fused-ring (bicyclic) bond motifs is 1. The standard InChI is InChI=1S/C12H14O3/c13-6-7-15-10-4-5-11-9(8-10)2-1-3-12(11)14/h4-5,8,13H,1-3,6-7H2. The summed E-state index contributed by atoms with van der Waals surface area (Å²) in [5, 5.41) is 8.63. The molecule has 0 spiro atoms. The van der Waals surface area contributed by atoms with Crippen LogP contribution in [0.3, 0.4) is 0 Å². The minimum atomic E-state index is 0.00994. The maximum Gasteiger partial charge on any atom is 0.163 e. The second-order valence-corrected chi connectivity index (χ2v) is 3.67. The van der Waals surface area contributed by atoms with E-state index in [1.54, 1.807) is 6.07 Å². The summed E-state index contributed by atoms with van der Waals surface area (Å²) in [6.45, 7) is 0.308. The maximum absolute atomic E-state index is 11.5. The molecule has 0 unspecified atom stereocenters. The van der Waals surface area contributed by atoms with Crippen molar-refractivity contribution in [1.82, 2.24) is 0 Å². The molecule has 1 N–H and O–H groups in total. The molecule has 0 aliphatic heterocycles. The Labute approximate surface area is 88.7 Å². The first kappa shape index (κ1) is 10.2. The van der Waals surface area contributed by atoms with Gasteiger partial charge >= 0.3 is 0 Å². The zero-order valence-corrected chi connectivity index (χ0v) is 8.53. The van der Waals surface area contributed by atoms with E-state index in [9.17, 15) is 4.79 Å². The number of ketones is 1. The topological polar surface area (TPSA) is 46.5 Å². The predicted molar refractivity (Wildman–Crippen MR) is 56.3 cm³/mol. The van der Waals surface area contributed by atoms with Gasteiger partial charge in [0.2, 0.25) is 0 Å². The van der Waals surface area contributed by atoms with Crippen molar-refractivity contribution >= 4 is 5.78 Å². The number of hydrogen-bond acceptors (Lipinski definition) is 3. The van der Waals surface area contributed by atoms with Crippen molar-refractivity contribution < 1.29 is 14.6 Å². The largest absolute Gasteiger partial charge is 0.491 e. The molecule has 2 rings (SSSR count). The van der Waals surface area contributed by atoms with Crippen LogP contribution < -0.4 is 4.74 Å². The number of carbonyl (C=O) groups excluding carboxylic acids is 1. The van der Waals surface area contributed by atoms with Gasteiger partial charge in [0.1, 0.15) is 12.4 Å². The lowest BCUT2D eigenvalue weighted by Gasteiger charge is -2.15. The molecule has 1 aliphatic rings. The molecule has 0 fully saturated rings. The highest BCUT2D eigenvalue weighted by Gasteiger charge is 2.17. The third-order valence-corrected chi connectivity index (χ3v) is 2.59. The highest BCUT2D eigenvalue weighted by Crippen LogP contribution is 2.25. The number of hydrogen-bond donors (Lipinski definition) is 1. The van der Waals surface area contributed by atoms with Gasteiger partial charge in [0.25, 0.3) is 0 Å². The molecule has 0 saturated carbocycles. The number of carbonyl (C=O) groups is 1. The minimum Gasteiger partial charge on any atom is -0.491 e. The van der Waals surface area contributed by atoms with Gasteiger partial charge in [0.05, 0.1) is 6.61 Å². The molecule has 1 aliphatic carbocycles. The monoisotopic (exact) mass is 206 g/mol. The molecule has 15 heavy (non-hydrogen) atoms. The molecule has 3 heteroatoms. The van der Waals surface area contributed by atoms with E-state index in [1.165, 1.54) is 0 Å². The van der Waals surface area contributed by atoms with Crippen molar-refractivity contribution in [2.24, 2.45) is 0 Å². The first-order chi connectivity index (χ1) is 7.31. The minimum absolute atomic E-state index is 0.00994. The second kappa shape index (κ2) is 4.45. The molecule has 0 bridgehead atoms. The number of ether oxygens (including phenoxy) is 1. The molecular weight excluding hydrogens is 192 g/mol. The van der Waals surface area contributed by atoms with E-state index in [2.05, 4.69) is 0 Å². The number of rotatable bonds is 3. The van der Waals surface area contributed by atoms with Gasteiger partial charge < -0.3 is 9.84 Å². The van der Waals surface area contributed by atoms with Gasteiger partial charge in [-0.15, -0.1) is 0 Å². The number of Topliss-reactive ketones (excluding diaryl/α,β-unsaturated/α-hetero) is 1. The van der Waals surface area contributed by atoms with E-state index in [0.717, 1.165) is 29.7 Å². The van der Waals surface area contributed by atoms with Crippen LogP contribution in [-0.2, 0) is 6.42 Å². The molecule has 0 atom stereocenters. The second-order valence-electron chi connectivity index (χ2n) is 3.67. The van der Waals surface area contributed by atoms with Crippen molar-refractivity contribution in [2.75, 3.05) is 13.2 Å². The average Bonchev–Trinajstić information content (AvgIpc) is 2.26. The third kappa shape index (κ3) is 2.18. The maximum atomic E-state index is 11.5. The number of benzene rings is 1. The van der Waals surface area contributed by atoms with Crippen LogP contribution in [0.4, 0.5) is 0 Å². The predicted octanol–water partition coefficient (Wildman–Crippen LogP) is 1.58. The lowest BCUT2D eigenvalue weighted by Crippen LogP contribution is -2.11. The molecule has 1 aromatic carbocycles. The van der Waals surface area contributed by atoms with Crippen molar-refractivity contribution in [3.8, 4) is 5.75 Å². The quantitative estimate of drug-likeness (QED) is 0.816. The molecule has 0 amide bonds. The number of aliphatic hydroxyl groups excluding tert-OH is 1. The summed E-state index contributed by atoms with van der Waals surface area (Å²) < 4.78 is 5.30. The normalized spacial score (nSPS) is 14.9. The number of aliphatic hydroxyl groups is 1. The van der Waals surface area contributed by atoms with E-state index in [0.29, 0.717) is 13.0 Å². The fourth-order valence-corrected chi connectivity index (χ4v) is 1.88. The third-order valence-electron chi connectivity index (χ3n) is 2.59. The summed E-state index contributed by atoms with van der Waals surface area (Å²) in [5.74, 6) is 0.961. The van der Waals surface area contributed by atoms with Gasteiger partial charge in [-0.2, -0.15) is 0 Å². The molecular formula is C12H14O3. The Morgan fingerprint density at radius 1 is 1.33 bits per heavy atom. The van der Waals surface area contributed by atoms with Crippen LogP contribution in [0.2, 0.25) is 0 Å². The molecule has 0 radical (unpaired) electrons. The Kier molecular flexibility index (Phi) is 3.02. The Morgan fingerprint density at radius 2 is 2.20 bits per heavy atom. The summed E-state index contributed by atoms with van der Waals surface area (Å²) in [6, 6.07) is 5.52. The highest BCUT2D eigenvalue weighted by molar-refractivity contribution is 5.98. The van der Waals surface area contributed by atoms with Gasteiger partial charge in [-0.1, -0.05) is 0 Å². The number of aryl methyl sites for hydroxylation is 1. The van der Waals surface area contributed by atoms with Crippen LogP contribution >= 0.6 is 0 Å². The molecule has 80 valence electrons. The van der Waals surface area contributed by atoms with E-state index in [1.807, 2.05) is 12.1 Å². The fourth-order valence-electron chi connectivity index (χ4n) is 1.88. The van der Waals surface area contributed by atoms with E-state index in [4.69, 9.17) is 9.84 Å². The van der Waals surface area contributed by atoms with Crippen LogP contribution in [0.5, 0.6) is 5.75 Å². The first-order valence-electron chi connectivity index (χ1n) is 5.21. The van der Waals surface area contributed by atoms with Crippen LogP contribution in [0, 0.1) is 0 Å². The summed E-state index contributed by atoms with van der Waals surface area (Å²) >= 11 is 0. The lowest BCUT2D eigenvalue weighted by atomic mass is 9.91. The van der Waals surface area contributed by atoms with Gasteiger partial charge in [-0.25, -0.2) is 0 Å². The zero-order valence-electron chi connectivity index (χ0n) is 8.53. The lowest BCUT2D eigenvalue weighted by molar-refractivity contribution is 0.0972. The van der Waals surface area contributed by atoms with Gasteiger partial charge in [-0.05, 0) is 36.6 Å². The van der Waals surface area contributed by atoms with Gasteiger partial charge in [0.15, 0.2) is 5.78 Å². The molecule has 0 aromatic heterocycles. The SMILES string of the molecule is O=C1CCCc2cc(OCCO)ccc21. The van der Waals surface area contributed by atoms with Crippen LogP contribution in [0.15, 0.2) is 18.2 Å². The van der Waals surface area contributed by atoms with Crippen molar-refractivity contribution in [1.29, 1.82) is 0 Å². The van der Waals surface area contributed by atoms with Crippen LogP contribution in [0.1, 0.15) is 28.8 Å². The highest BCUT2D eigenvalue weighted by atomic mass is 16.5. The summed E-state index contributed by atoms with van der Waals surface area (Å²) in [7, 11) is 0. The summed E-state index contributed by atoms with van der Waals surface area (Å²) in [4.78, 5) is 11.5. The van der Waals surface area contributed by atoms with Crippen LogP contribution in [0.25, 0.3) is 0 Å². The Hall–Kier alpha value is -1.35. The van der Waals surface area contributed by atoms with Gasteiger partial charge in [0, 0.05) is 12.0 Å². The van der Waals surface area contributed by atoms with Crippen molar-refractivity contribution in [3.05, 3.63) is 29.3 Å². The molecule has 0 saturated heterocycles. The average molecular weight is 206 g/mol. The van der Waals surface area contributed by atoms with Crippen molar-refractivity contribution in [2.45, 2.75) is 19.3 Å². The summed E-state index contributed by atoms with van der Waals surface area (Å²) in [5.41, 5.74) is 1.90. The zero-order chi connectivity index (χ0) is 10.7. The van der Waals surface area contributed by atoms with Crippen LogP contribution in [-0.4, -0.2) is 24.1 Å². The summed E-state index contributed by atoms with van der Waals surface area (Å²) in [6.07, 6.45) is 2.52. The van der Waals surface area contributed by atoms with E-state index in [-0.39, 0.29) is 12.4 Å². The Bertz CT molecular complexity index is 371. The smallest absolute Gasteiger partial charge is 0.163 e. The molecule has 1 aromatic rings.